The fourth-order valence-corrected chi connectivity index (χ4v) is 4.07. The molecule has 0 saturated heterocycles. The first-order chi connectivity index (χ1) is 13.9. The number of ether oxygens (including phenoxy) is 1. The molecule has 9 heteroatoms. The van der Waals surface area contributed by atoms with Gasteiger partial charge in [-0.05, 0) is 29.8 Å². The fourth-order valence-electron chi connectivity index (χ4n) is 3.15. The number of rotatable bonds is 5. The minimum atomic E-state index is -3.53. The Morgan fingerprint density at radius 1 is 1.21 bits per heavy atom. The van der Waals surface area contributed by atoms with Gasteiger partial charge in [-0.25, -0.2) is 13.4 Å². The number of hydrogen-bond acceptors (Lipinski definition) is 5. The molecule has 150 valence electrons. The maximum absolute atomic E-state index is 12.6. The Labute approximate surface area is 168 Å². The molecule has 1 aliphatic heterocycles. The second-order valence-corrected chi connectivity index (χ2v) is 8.63. The molecular formula is C20H20N4O4S. The van der Waals surface area contributed by atoms with Gasteiger partial charge in [0, 0.05) is 24.6 Å². The summed E-state index contributed by atoms with van der Waals surface area (Å²) in [6.07, 6.45) is 5.46. The highest BCUT2D eigenvalue weighted by Gasteiger charge is 2.34. The number of carbonyl (C=O) groups excluding carboxylic acids is 1. The molecule has 2 heterocycles. The van der Waals surface area contributed by atoms with Gasteiger partial charge in [-0.2, -0.15) is 0 Å². The lowest BCUT2D eigenvalue weighted by molar-refractivity contribution is -0.127. The van der Waals surface area contributed by atoms with Crippen LogP contribution in [-0.2, 0) is 21.4 Å². The third kappa shape index (κ3) is 4.09. The molecule has 0 bridgehead atoms. The van der Waals surface area contributed by atoms with E-state index in [1.165, 1.54) is 4.31 Å². The van der Waals surface area contributed by atoms with Crippen molar-refractivity contribution in [2.24, 2.45) is 0 Å². The lowest BCUT2D eigenvalue weighted by atomic mass is 10.2. The predicted molar refractivity (Wildman–Crippen MR) is 108 cm³/mol. The van der Waals surface area contributed by atoms with Crippen LogP contribution in [-0.4, -0.2) is 42.8 Å². The first kappa shape index (κ1) is 19.0. The Morgan fingerprint density at radius 3 is 2.66 bits per heavy atom. The Balaban J connectivity index is 1.44. The molecule has 0 saturated carbocycles. The highest BCUT2D eigenvalue weighted by atomic mass is 32.2. The summed E-state index contributed by atoms with van der Waals surface area (Å²) in [6, 6.07) is 14.5. The van der Waals surface area contributed by atoms with Crippen LogP contribution in [0.1, 0.15) is 5.56 Å². The topological polar surface area (TPSA) is 93.5 Å². The van der Waals surface area contributed by atoms with E-state index in [0.29, 0.717) is 18.0 Å². The van der Waals surface area contributed by atoms with Crippen LogP contribution in [0.2, 0.25) is 0 Å². The second kappa shape index (κ2) is 7.59. The Bertz CT molecular complexity index is 1110. The highest BCUT2D eigenvalue weighted by molar-refractivity contribution is 7.92. The number of imidazole rings is 1. The van der Waals surface area contributed by atoms with Crippen molar-refractivity contribution >= 4 is 21.6 Å². The van der Waals surface area contributed by atoms with Gasteiger partial charge in [0.2, 0.25) is 10.0 Å². The summed E-state index contributed by atoms with van der Waals surface area (Å²) < 4.78 is 33.2. The number of anilines is 1. The lowest BCUT2D eigenvalue weighted by Gasteiger charge is -2.33. The number of nitrogens with one attached hydrogen (secondary N) is 1. The summed E-state index contributed by atoms with van der Waals surface area (Å²) in [4.78, 5) is 16.7. The molecule has 1 atom stereocenters. The maximum atomic E-state index is 12.6. The van der Waals surface area contributed by atoms with E-state index >= 15 is 0 Å². The van der Waals surface area contributed by atoms with E-state index in [2.05, 4.69) is 10.3 Å². The van der Waals surface area contributed by atoms with Gasteiger partial charge in [0.05, 0.1) is 24.8 Å². The van der Waals surface area contributed by atoms with Gasteiger partial charge in [-0.1, -0.05) is 24.3 Å². The van der Waals surface area contributed by atoms with Crippen molar-refractivity contribution in [1.29, 1.82) is 0 Å². The molecule has 0 aliphatic carbocycles. The van der Waals surface area contributed by atoms with Crippen molar-refractivity contribution < 1.29 is 17.9 Å². The zero-order valence-corrected chi connectivity index (χ0v) is 16.5. The predicted octanol–water partition coefficient (Wildman–Crippen LogP) is 1.72. The number of benzene rings is 2. The van der Waals surface area contributed by atoms with E-state index in [1.54, 1.807) is 36.8 Å². The lowest BCUT2D eigenvalue weighted by Crippen LogP contribution is -2.50. The molecule has 3 aromatic rings. The normalized spacial score (nSPS) is 16.0. The standard InChI is InChI=1S/C20H20N4O4S/c1-29(26,27)24-13-19(28-18-5-3-2-4-17(18)24)20(25)22-12-15-6-8-16(9-7-15)23-11-10-21-14-23/h2-11,14,19H,12-13H2,1H3,(H,22,25)/t19-/m1/s1. The van der Waals surface area contributed by atoms with Gasteiger partial charge < -0.3 is 14.6 Å². The van der Waals surface area contributed by atoms with Crippen molar-refractivity contribution in [3.05, 3.63) is 72.8 Å². The smallest absolute Gasteiger partial charge is 0.263 e. The van der Waals surface area contributed by atoms with Crippen LogP contribution in [0.15, 0.2) is 67.3 Å². The summed E-state index contributed by atoms with van der Waals surface area (Å²) >= 11 is 0. The molecule has 0 spiro atoms. The van der Waals surface area contributed by atoms with Gasteiger partial charge in [-0.15, -0.1) is 0 Å². The highest BCUT2D eigenvalue weighted by Crippen LogP contribution is 2.34. The van der Waals surface area contributed by atoms with Gasteiger partial charge in [-0.3, -0.25) is 9.10 Å². The SMILES string of the molecule is CS(=O)(=O)N1C[C@H](C(=O)NCc2ccc(-n3ccnc3)cc2)Oc2ccccc21. The number of amides is 1. The molecular weight excluding hydrogens is 392 g/mol. The van der Waals surface area contributed by atoms with Crippen LogP contribution >= 0.6 is 0 Å². The van der Waals surface area contributed by atoms with E-state index in [4.69, 9.17) is 4.74 Å². The molecule has 8 nitrogen and oxygen atoms in total. The number of para-hydroxylation sites is 2. The van der Waals surface area contributed by atoms with Crippen molar-refractivity contribution in [2.75, 3.05) is 17.1 Å². The zero-order chi connectivity index (χ0) is 20.4. The molecule has 4 rings (SSSR count). The maximum Gasteiger partial charge on any atom is 0.263 e. The van der Waals surface area contributed by atoms with Crippen LogP contribution in [0, 0.1) is 0 Å². The fraction of sp³-hybridized carbons (Fsp3) is 0.200. The van der Waals surface area contributed by atoms with E-state index in [1.807, 2.05) is 35.0 Å². The Morgan fingerprint density at radius 2 is 1.97 bits per heavy atom. The van der Waals surface area contributed by atoms with E-state index in [0.717, 1.165) is 17.5 Å². The number of nitrogens with zero attached hydrogens (tertiary/aromatic N) is 3. The third-order valence-corrected chi connectivity index (χ3v) is 5.78. The molecule has 29 heavy (non-hydrogen) atoms. The minimum Gasteiger partial charge on any atom is -0.476 e. The average Bonchev–Trinajstić information content (AvgIpc) is 3.25. The summed E-state index contributed by atoms with van der Waals surface area (Å²) in [7, 11) is -3.53. The van der Waals surface area contributed by atoms with Crippen molar-refractivity contribution in [1.82, 2.24) is 14.9 Å². The minimum absolute atomic E-state index is 0.0682. The van der Waals surface area contributed by atoms with E-state index in [9.17, 15) is 13.2 Å². The van der Waals surface area contributed by atoms with E-state index in [-0.39, 0.29) is 12.5 Å². The van der Waals surface area contributed by atoms with Crippen LogP contribution in [0.4, 0.5) is 5.69 Å². The van der Waals surface area contributed by atoms with Crippen molar-refractivity contribution in [2.45, 2.75) is 12.6 Å². The average molecular weight is 412 g/mol. The molecule has 1 N–H and O–H groups in total. The van der Waals surface area contributed by atoms with E-state index < -0.39 is 16.1 Å². The molecule has 2 aromatic carbocycles. The molecule has 0 unspecified atom stereocenters. The van der Waals surface area contributed by atoms with Crippen LogP contribution in [0.5, 0.6) is 5.75 Å². The van der Waals surface area contributed by atoms with Gasteiger partial charge in [0.15, 0.2) is 6.10 Å². The number of fused-ring (bicyclic) bond motifs is 1. The van der Waals surface area contributed by atoms with Crippen molar-refractivity contribution in [3.8, 4) is 11.4 Å². The Hall–Kier alpha value is -3.33. The summed E-state index contributed by atoms with van der Waals surface area (Å²) in [6.45, 7) is 0.241. The monoisotopic (exact) mass is 412 g/mol. The molecule has 1 aromatic heterocycles. The largest absolute Gasteiger partial charge is 0.476 e. The molecule has 1 aliphatic rings. The molecule has 1 amide bonds. The quantitative estimate of drug-likeness (QED) is 0.689. The first-order valence-electron chi connectivity index (χ1n) is 9.00. The number of aromatic nitrogens is 2. The third-order valence-electron chi connectivity index (χ3n) is 4.63. The summed E-state index contributed by atoms with van der Waals surface area (Å²) in [5.41, 5.74) is 2.32. The summed E-state index contributed by atoms with van der Waals surface area (Å²) in [5, 5.41) is 2.82. The van der Waals surface area contributed by atoms with Gasteiger partial charge in [0.25, 0.3) is 5.91 Å². The van der Waals surface area contributed by atoms with Crippen LogP contribution < -0.4 is 14.4 Å². The first-order valence-corrected chi connectivity index (χ1v) is 10.8. The van der Waals surface area contributed by atoms with Crippen LogP contribution in [0.3, 0.4) is 0 Å². The Kier molecular flexibility index (Phi) is 4.98. The number of hydrogen-bond donors (Lipinski definition) is 1. The second-order valence-electron chi connectivity index (χ2n) is 6.72. The molecule has 0 radical (unpaired) electrons. The van der Waals surface area contributed by atoms with Crippen LogP contribution in [0.25, 0.3) is 5.69 Å². The number of carbonyl (C=O) groups is 1. The van der Waals surface area contributed by atoms with Crippen molar-refractivity contribution in [3.63, 3.8) is 0 Å². The summed E-state index contributed by atoms with van der Waals surface area (Å²) in [5.74, 6) is 0.000786. The molecule has 0 fully saturated rings. The van der Waals surface area contributed by atoms with Gasteiger partial charge >= 0.3 is 0 Å². The zero-order valence-electron chi connectivity index (χ0n) is 15.7. The number of sulfonamides is 1. The van der Waals surface area contributed by atoms with Gasteiger partial charge in [0.1, 0.15) is 5.75 Å².